The monoisotopic (exact) mass is 560 g/mol. The van der Waals surface area contributed by atoms with Gasteiger partial charge in [-0.05, 0) is 106 Å². The summed E-state index contributed by atoms with van der Waals surface area (Å²) < 4.78 is 9.22. The van der Waals surface area contributed by atoms with Crippen LogP contribution in [0, 0.1) is 13.8 Å². The molecule has 1 aliphatic heterocycles. The molecule has 2 aromatic carbocycles. The Labute approximate surface area is 226 Å². The minimum Gasteiger partial charge on any atom is -0.491 e. The number of thiocarbonyl (C=S) groups is 1. The van der Waals surface area contributed by atoms with Gasteiger partial charge in [0.05, 0.1) is 23.9 Å². The Balaban J connectivity index is 1.63. The van der Waals surface area contributed by atoms with E-state index in [2.05, 4.69) is 87.0 Å². The van der Waals surface area contributed by atoms with Gasteiger partial charge in [0.2, 0.25) is 0 Å². The number of halogens is 1. The van der Waals surface area contributed by atoms with Gasteiger partial charge in [0, 0.05) is 33.4 Å². The molecule has 2 aromatic heterocycles. The van der Waals surface area contributed by atoms with Gasteiger partial charge in [-0.1, -0.05) is 28.1 Å². The molecule has 0 spiro atoms. The SMILES string of the molecule is Cc1cc([C@@H]2[C@@H](c3ccccn3)NC(=S)N2c2ccc(OC(C)C)cc2)c(C)n1-c1cccc(Br)c1. The fourth-order valence-corrected chi connectivity index (χ4v) is 5.74. The van der Waals surface area contributed by atoms with Crippen LogP contribution in [0.5, 0.6) is 5.75 Å². The zero-order valence-electron chi connectivity index (χ0n) is 20.8. The number of rotatable bonds is 6. The summed E-state index contributed by atoms with van der Waals surface area (Å²) in [6, 6.07) is 24.7. The van der Waals surface area contributed by atoms with Crippen molar-refractivity contribution in [3.63, 3.8) is 0 Å². The fraction of sp³-hybridized carbons (Fsp3) is 0.241. The zero-order valence-corrected chi connectivity index (χ0v) is 23.2. The van der Waals surface area contributed by atoms with Crippen molar-refractivity contribution in [1.29, 1.82) is 0 Å². The summed E-state index contributed by atoms with van der Waals surface area (Å²) in [5.41, 5.74) is 6.64. The van der Waals surface area contributed by atoms with Gasteiger partial charge in [-0.15, -0.1) is 0 Å². The highest BCUT2D eigenvalue weighted by atomic mass is 79.9. The van der Waals surface area contributed by atoms with E-state index >= 15 is 0 Å². The summed E-state index contributed by atoms with van der Waals surface area (Å²) in [6.45, 7) is 8.39. The topological polar surface area (TPSA) is 42.3 Å². The van der Waals surface area contributed by atoms with Crippen LogP contribution in [-0.2, 0) is 0 Å². The van der Waals surface area contributed by atoms with Crippen molar-refractivity contribution in [3.8, 4) is 11.4 Å². The van der Waals surface area contributed by atoms with Gasteiger partial charge in [0.15, 0.2) is 5.11 Å². The van der Waals surface area contributed by atoms with Crippen molar-refractivity contribution >= 4 is 38.9 Å². The van der Waals surface area contributed by atoms with Crippen LogP contribution in [-0.4, -0.2) is 20.8 Å². The van der Waals surface area contributed by atoms with E-state index in [-0.39, 0.29) is 18.2 Å². The van der Waals surface area contributed by atoms with E-state index < -0.39 is 0 Å². The number of anilines is 1. The first-order valence-corrected chi connectivity index (χ1v) is 13.3. The van der Waals surface area contributed by atoms with Crippen LogP contribution >= 0.6 is 28.1 Å². The van der Waals surface area contributed by atoms with E-state index in [4.69, 9.17) is 21.9 Å². The van der Waals surface area contributed by atoms with E-state index in [1.165, 1.54) is 17.0 Å². The highest BCUT2D eigenvalue weighted by Gasteiger charge is 2.42. The number of aryl methyl sites for hydroxylation is 1. The molecule has 2 atom stereocenters. The van der Waals surface area contributed by atoms with Crippen LogP contribution in [0.1, 0.15) is 48.6 Å². The summed E-state index contributed by atoms with van der Waals surface area (Å²) in [5, 5.41) is 4.25. The number of pyridine rings is 1. The lowest BCUT2D eigenvalue weighted by molar-refractivity contribution is 0.242. The van der Waals surface area contributed by atoms with Crippen molar-refractivity contribution in [2.24, 2.45) is 0 Å². The number of benzene rings is 2. The Bertz CT molecular complexity index is 1380. The maximum absolute atomic E-state index is 5.92. The molecule has 5 nitrogen and oxygen atoms in total. The molecule has 1 saturated heterocycles. The van der Waals surface area contributed by atoms with Crippen molar-refractivity contribution < 1.29 is 4.74 Å². The molecule has 4 aromatic rings. The molecule has 1 N–H and O–H groups in total. The van der Waals surface area contributed by atoms with Gasteiger partial charge in [-0.25, -0.2) is 0 Å². The van der Waals surface area contributed by atoms with Crippen molar-refractivity contribution in [2.45, 2.75) is 45.9 Å². The maximum atomic E-state index is 5.92. The van der Waals surface area contributed by atoms with E-state index in [0.29, 0.717) is 5.11 Å². The zero-order chi connectivity index (χ0) is 25.4. The minimum absolute atomic E-state index is 0.0728. The number of hydrogen-bond donors (Lipinski definition) is 1. The largest absolute Gasteiger partial charge is 0.491 e. The summed E-state index contributed by atoms with van der Waals surface area (Å²) >= 11 is 9.54. The molecule has 184 valence electrons. The Morgan fingerprint density at radius 1 is 0.972 bits per heavy atom. The quantitative estimate of drug-likeness (QED) is 0.252. The second-order valence-electron chi connectivity index (χ2n) is 9.30. The molecule has 7 heteroatoms. The van der Waals surface area contributed by atoms with E-state index in [0.717, 1.165) is 27.3 Å². The summed E-state index contributed by atoms with van der Waals surface area (Å²) in [4.78, 5) is 6.90. The van der Waals surface area contributed by atoms with Crippen LogP contribution in [0.4, 0.5) is 5.69 Å². The summed E-state index contributed by atoms with van der Waals surface area (Å²) in [5.74, 6) is 0.845. The number of hydrogen-bond acceptors (Lipinski definition) is 3. The van der Waals surface area contributed by atoms with Gasteiger partial charge in [0.1, 0.15) is 5.75 Å². The molecule has 0 unspecified atom stereocenters. The van der Waals surface area contributed by atoms with Crippen LogP contribution in [0.15, 0.2) is 83.5 Å². The third-order valence-corrected chi connectivity index (χ3v) is 7.25. The van der Waals surface area contributed by atoms with Crippen LogP contribution in [0.2, 0.25) is 0 Å². The normalized spacial score (nSPS) is 17.5. The summed E-state index contributed by atoms with van der Waals surface area (Å²) in [7, 11) is 0. The molecule has 0 saturated carbocycles. The Morgan fingerprint density at radius 3 is 2.42 bits per heavy atom. The van der Waals surface area contributed by atoms with Gasteiger partial charge in [0.25, 0.3) is 0 Å². The molecule has 0 amide bonds. The number of aromatic nitrogens is 2. The average molecular weight is 562 g/mol. The first-order chi connectivity index (χ1) is 17.3. The first kappa shape index (κ1) is 24.5. The molecule has 0 bridgehead atoms. The Kier molecular flexibility index (Phi) is 6.86. The number of nitrogens with zero attached hydrogens (tertiary/aromatic N) is 3. The first-order valence-electron chi connectivity index (χ1n) is 12.1. The Hall–Kier alpha value is -3.16. The second kappa shape index (κ2) is 10.1. The summed E-state index contributed by atoms with van der Waals surface area (Å²) in [6.07, 6.45) is 1.96. The second-order valence-corrected chi connectivity index (χ2v) is 10.6. The molecule has 3 heterocycles. The van der Waals surface area contributed by atoms with Crippen LogP contribution < -0.4 is 15.0 Å². The van der Waals surface area contributed by atoms with Gasteiger partial charge in [-0.3, -0.25) is 4.98 Å². The number of nitrogens with one attached hydrogen (secondary N) is 1. The molecule has 1 aliphatic rings. The van der Waals surface area contributed by atoms with Crippen LogP contribution in [0.25, 0.3) is 5.69 Å². The smallest absolute Gasteiger partial charge is 0.174 e. The average Bonchev–Trinajstić information content (AvgIpc) is 3.35. The van der Waals surface area contributed by atoms with Crippen LogP contribution in [0.3, 0.4) is 0 Å². The number of ether oxygens (including phenoxy) is 1. The molecule has 0 aliphatic carbocycles. The molecule has 36 heavy (non-hydrogen) atoms. The molecular formula is C29H29BrN4OS. The maximum Gasteiger partial charge on any atom is 0.174 e. The Morgan fingerprint density at radius 2 is 1.75 bits per heavy atom. The lowest BCUT2D eigenvalue weighted by atomic mass is 9.96. The fourth-order valence-electron chi connectivity index (χ4n) is 5.01. The van der Waals surface area contributed by atoms with Crippen molar-refractivity contribution in [3.05, 3.63) is 106 Å². The predicted octanol–water partition coefficient (Wildman–Crippen LogP) is 7.22. The van der Waals surface area contributed by atoms with Crippen molar-refractivity contribution in [2.75, 3.05) is 4.90 Å². The van der Waals surface area contributed by atoms with Gasteiger partial charge < -0.3 is 19.5 Å². The van der Waals surface area contributed by atoms with E-state index in [1.807, 2.05) is 50.4 Å². The van der Waals surface area contributed by atoms with E-state index in [9.17, 15) is 0 Å². The van der Waals surface area contributed by atoms with E-state index in [1.54, 1.807) is 0 Å². The predicted molar refractivity (Wildman–Crippen MR) is 153 cm³/mol. The van der Waals surface area contributed by atoms with Gasteiger partial charge >= 0.3 is 0 Å². The lowest BCUT2D eigenvalue weighted by Crippen LogP contribution is -2.29. The molecule has 1 fully saturated rings. The third kappa shape index (κ3) is 4.65. The highest BCUT2D eigenvalue weighted by molar-refractivity contribution is 9.10. The lowest BCUT2D eigenvalue weighted by Gasteiger charge is -2.28. The highest BCUT2D eigenvalue weighted by Crippen LogP contribution is 2.44. The minimum atomic E-state index is -0.0956. The molecule has 0 radical (unpaired) electrons. The molecule has 5 rings (SSSR count). The standard InChI is InChI=1S/C29H29BrN4OS/c1-18(2)35-24-13-11-22(12-14-24)34-28(27(32-29(34)36)26-10-5-6-15-31-26)25-16-19(3)33(20(25)4)23-9-7-8-21(30)17-23/h5-18,27-28H,1-4H3,(H,32,36)/t27-,28-/m1/s1. The van der Waals surface area contributed by atoms with Gasteiger partial charge in [-0.2, -0.15) is 0 Å². The third-order valence-electron chi connectivity index (χ3n) is 6.44. The van der Waals surface area contributed by atoms with Crippen molar-refractivity contribution in [1.82, 2.24) is 14.9 Å². The molecular weight excluding hydrogens is 532 g/mol.